The van der Waals surface area contributed by atoms with Crippen LogP contribution in [-0.2, 0) is 16.6 Å². The molecule has 0 aromatic heterocycles. The first-order valence-electron chi connectivity index (χ1n) is 6.73. The fourth-order valence-corrected chi connectivity index (χ4v) is 3.39. The zero-order valence-corrected chi connectivity index (χ0v) is 12.8. The van der Waals surface area contributed by atoms with Crippen LogP contribution in [0.5, 0.6) is 0 Å². The molecule has 0 spiro atoms. The van der Waals surface area contributed by atoms with Gasteiger partial charge in [0.1, 0.15) is 0 Å². The molecular formula is C14H24N2O2S. The molecule has 1 aromatic rings. The largest absolute Gasteiger partial charge is 0.316 e. The van der Waals surface area contributed by atoms with Gasteiger partial charge >= 0.3 is 0 Å². The monoisotopic (exact) mass is 284 g/mol. The van der Waals surface area contributed by atoms with Crippen molar-refractivity contribution in [2.24, 2.45) is 0 Å². The molecule has 0 bridgehead atoms. The molecule has 5 heteroatoms. The van der Waals surface area contributed by atoms with Gasteiger partial charge in [-0.2, -0.15) is 0 Å². The number of rotatable bonds is 8. The van der Waals surface area contributed by atoms with Crippen LogP contribution < -0.4 is 5.32 Å². The molecule has 1 N–H and O–H groups in total. The molecule has 0 radical (unpaired) electrons. The van der Waals surface area contributed by atoms with E-state index in [1.807, 2.05) is 19.2 Å². The highest BCUT2D eigenvalue weighted by Gasteiger charge is 2.22. The molecule has 0 heterocycles. The highest BCUT2D eigenvalue weighted by Crippen LogP contribution is 2.19. The number of hydrogen-bond donors (Lipinski definition) is 1. The molecule has 1 aromatic carbocycles. The van der Waals surface area contributed by atoms with Crippen LogP contribution in [0.3, 0.4) is 0 Å². The molecule has 0 aliphatic heterocycles. The fourth-order valence-electron chi connectivity index (χ4n) is 1.96. The fraction of sp³-hybridized carbons (Fsp3) is 0.571. The molecule has 0 fully saturated rings. The van der Waals surface area contributed by atoms with Crippen molar-refractivity contribution >= 4 is 10.0 Å². The Morgan fingerprint density at radius 1 is 1.21 bits per heavy atom. The maximum absolute atomic E-state index is 12.5. The smallest absolute Gasteiger partial charge is 0.243 e. The van der Waals surface area contributed by atoms with Crippen LogP contribution in [0.25, 0.3) is 0 Å². The number of unbranched alkanes of at least 4 members (excludes halogenated alkanes) is 2. The second-order valence-electron chi connectivity index (χ2n) is 4.67. The van der Waals surface area contributed by atoms with Crippen LogP contribution >= 0.6 is 0 Å². The molecule has 0 saturated carbocycles. The van der Waals surface area contributed by atoms with Gasteiger partial charge in [-0.15, -0.1) is 0 Å². The third-order valence-corrected chi connectivity index (χ3v) is 5.06. The second-order valence-corrected chi connectivity index (χ2v) is 6.69. The molecular weight excluding hydrogens is 260 g/mol. The normalized spacial score (nSPS) is 12.0. The molecule has 4 nitrogen and oxygen atoms in total. The summed E-state index contributed by atoms with van der Waals surface area (Å²) in [5.74, 6) is 0. The standard InChI is InChI=1S/C14H24N2O2S/c1-4-5-8-11-16(3)19(17,18)14-10-7-6-9-13(14)12-15-2/h6-7,9-10,15H,4-5,8,11-12H2,1-3H3. The minimum Gasteiger partial charge on any atom is -0.316 e. The van der Waals surface area contributed by atoms with Gasteiger partial charge < -0.3 is 5.32 Å². The number of nitrogens with zero attached hydrogens (tertiary/aromatic N) is 1. The van der Waals surface area contributed by atoms with Crippen LogP contribution in [-0.4, -0.2) is 33.4 Å². The van der Waals surface area contributed by atoms with Crippen molar-refractivity contribution in [1.29, 1.82) is 0 Å². The van der Waals surface area contributed by atoms with Gasteiger partial charge in [0.25, 0.3) is 0 Å². The van der Waals surface area contributed by atoms with E-state index in [1.54, 1.807) is 19.2 Å². The number of nitrogens with one attached hydrogen (secondary N) is 1. The van der Waals surface area contributed by atoms with Gasteiger partial charge in [0.15, 0.2) is 0 Å². The van der Waals surface area contributed by atoms with Gasteiger partial charge in [-0.3, -0.25) is 0 Å². The Balaban J connectivity index is 2.93. The maximum atomic E-state index is 12.5. The lowest BCUT2D eigenvalue weighted by Gasteiger charge is -2.19. The zero-order chi connectivity index (χ0) is 14.3. The van der Waals surface area contributed by atoms with Gasteiger partial charge in [0.05, 0.1) is 4.90 Å². The maximum Gasteiger partial charge on any atom is 0.243 e. The predicted molar refractivity (Wildman–Crippen MR) is 78.5 cm³/mol. The third kappa shape index (κ3) is 4.30. The molecule has 0 aliphatic carbocycles. The van der Waals surface area contributed by atoms with Crippen LogP contribution in [0.15, 0.2) is 29.2 Å². The third-order valence-electron chi connectivity index (χ3n) is 3.10. The second kappa shape index (κ2) is 7.62. The van der Waals surface area contributed by atoms with Crippen LogP contribution in [0, 0.1) is 0 Å². The Morgan fingerprint density at radius 3 is 2.53 bits per heavy atom. The van der Waals surface area contributed by atoms with Gasteiger partial charge in [-0.25, -0.2) is 12.7 Å². The summed E-state index contributed by atoms with van der Waals surface area (Å²) in [7, 11) is 0.0888. The van der Waals surface area contributed by atoms with E-state index in [9.17, 15) is 8.42 Å². The predicted octanol–water partition coefficient (Wildman–Crippen LogP) is 2.22. The first-order valence-corrected chi connectivity index (χ1v) is 8.17. The first-order chi connectivity index (χ1) is 9.04. The summed E-state index contributed by atoms with van der Waals surface area (Å²) in [6, 6.07) is 7.16. The van der Waals surface area contributed by atoms with Crippen LogP contribution in [0.1, 0.15) is 31.7 Å². The zero-order valence-electron chi connectivity index (χ0n) is 12.0. The van der Waals surface area contributed by atoms with Crippen LogP contribution in [0.4, 0.5) is 0 Å². The molecule has 0 amide bonds. The quantitative estimate of drug-likeness (QED) is 0.745. The average Bonchev–Trinajstić information content (AvgIpc) is 2.39. The number of benzene rings is 1. The average molecular weight is 284 g/mol. The van der Waals surface area contributed by atoms with Crippen molar-refractivity contribution < 1.29 is 8.42 Å². The summed E-state index contributed by atoms with van der Waals surface area (Å²) in [5.41, 5.74) is 0.812. The Kier molecular flexibility index (Phi) is 6.48. The molecule has 0 unspecified atom stereocenters. The van der Waals surface area contributed by atoms with Crippen molar-refractivity contribution in [3.05, 3.63) is 29.8 Å². The highest BCUT2D eigenvalue weighted by molar-refractivity contribution is 7.89. The molecule has 108 valence electrons. The summed E-state index contributed by atoms with van der Waals surface area (Å²) < 4.78 is 26.5. The van der Waals surface area contributed by atoms with E-state index < -0.39 is 10.0 Å². The Hall–Kier alpha value is -0.910. The van der Waals surface area contributed by atoms with Crippen molar-refractivity contribution in [2.45, 2.75) is 37.6 Å². The summed E-state index contributed by atoms with van der Waals surface area (Å²) in [4.78, 5) is 0.406. The van der Waals surface area contributed by atoms with Crippen LogP contribution in [0.2, 0.25) is 0 Å². The number of hydrogen-bond acceptors (Lipinski definition) is 3. The minimum absolute atomic E-state index is 0.406. The van der Waals surface area contributed by atoms with Gasteiger partial charge in [0.2, 0.25) is 10.0 Å². The highest BCUT2D eigenvalue weighted by atomic mass is 32.2. The minimum atomic E-state index is -3.38. The summed E-state index contributed by atoms with van der Waals surface area (Å²) >= 11 is 0. The van der Waals surface area contributed by atoms with E-state index in [2.05, 4.69) is 12.2 Å². The number of sulfonamides is 1. The SMILES string of the molecule is CCCCCN(C)S(=O)(=O)c1ccccc1CNC. The van der Waals surface area contributed by atoms with E-state index >= 15 is 0 Å². The van der Waals surface area contributed by atoms with E-state index in [1.165, 1.54) is 4.31 Å². The lowest BCUT2D eigenvalue weighted by molar-refractivity contribution is 0.453. The van der Waals surface area contributed by atoms with E-state index in [0.29, 0.717) is 18.0 Å². The Labute approximate surface area is 116 Å². The van der Waals surface area contributed by atoms with Crippen molar-refractivity contribution in [3.8, 4) is 0 Å². The summed E-state index contributed by atoms with van der Waals surface area (Å²) in [5, 5.41) is 3.00. The van der Waals surface area contributed by atoms with E-state index in [0.717, 1.165) is 24.8 Å². The van der Waals surface area contributed by atoms with Gasteiger partial charge in [-0.05, 0) is 25.1 Å². The molecule has 19 heavy (non-hydrogen) atoms. The van der Waals surface area contributed by atoms with E-state index in [4.69, 9.17) is 0 Å². The summed E-state index contributed by atoms with van der Waals surface area (Å²) in [6.45, 7) is 3.24. The van der Waals surface area contributed by atoms with E-state index in [-0.39, 0.29) is 0 Å². The topological polar surface area (TPSA) is 49.4 Å². The molecule has 0 atom stereocenters. The Morgan fingerprint density at radius 2 is 1.89 bits per heavy atom. The molecule has 1 rings (SSSR count). The first kappa shape index (κ1) is 16.1. The van der Waals surface area contributed by atoms with Crippen molar-refractivity contribution in [2.75, 3.05) is 20.6 Å². The lowest BCUT2D eigenvalue weighted by Crippen LogP contribution is -2.29. The van der Waals surface area contributed by atoms with Crippen molar-refractivity contribution in [1.82, 2.24) is 9.62 Å². The van der Waals surface area contributed by atoms with Gasteiger partial charge in [-0.1, -0.05) is 38.0 Å². The van der Waals surface area contributed by atoms with Crippen molar-refractivity contribution in [3.63, 3.8) is 0 Å². The molecule has 0 saturated heterocycles. The lowest BCUT2D eigenvalue weighted by atomic mass is 10.2. The van der Waals surface area contributed by atoms with Gasteiger partial charge in [0, 0.05) is 20.1 Å². The molecule has 0 aliphatic rings. The summed E-state index contributed by atoms with van der Waals surface area (Å²) in [6.07, 6.45) is 3.04. The Bertz CT molecular complexity index is 486.